The number of methoxy groups -OCH3 is 1. The number of carbonyl (C=O) groups excluding carboxylic acids is 2. The Balaban J connectivity index is 1.54. The monoisotopic (exact) mass is 359 g/mol. The van der Waals surface area contributed by atoms with Crippen LogP contribution >= 0.6 is 0 Å². The third-order valence-electron chi connectivity index (χ3n) is 4.68. The van der Waals surface area contributed by atoms with Crippen molar-refractivity contribution in [3.63, 3.8) is 0 Å². The molecule has 7 heteroatoms. The number of amides is 1. The Morgan fingerprint density at radius 3 is 2.88 bits per heavy atom. The van der Waals surface area contributed by atoms with E-state index in [1.165, 1.54) is 5.56 Å². The summed E-state index contributed by atoms with van der Waals surface area (Å²) in [6, 6.07) is 5.95. The summed E-state index contributed by atoms with van der Waals surface area (Å²) in [6.45, 7) is 4.59. The van der Waals surface area contributed by atoms with Crippen molar-refractivity contribution in [3.05, 3.63) is 30.0 Å². The van der Waals surface area contributed by atoms with Crippen LogP contribution in [0.15, 0.2) is 24.4 Å². The Bertz CT molecular complexity index is 786. The summed E-state index contributed by atoms with van der Waals surface area (Å²) < 4.78 is 10.2. The van der Waals surface area contributed by atoms with Crippen molar-refractivity contribution in [1.82, 2.24) is 14.8 Å². The van der Waals surface area contributed by atoms with Crippen LogP contribution in [-0.2, 0) is 20.7 Å². The smallest absolute Gasteiger partial charge is 0.320 e. The average molecular weight is 359 g/mol. The molecule has 0 saturated carbocycles. The van der Waals surface area contributed by atoms with Gasteiger partial charge in [0.05, 0.1) is 26.8 Å². The fraction of sp³-hybridized carbons (Fsp3) is 0.474. The molecule has 0 aliphatic carbocycles. The second-order valence-corrected chi connectivity index (χ2v) is 6.37. The Morgan fingerprint density at radius 2 is 2.15 bits per heavy atom. The molecule has 0 atom stereocenters. The van der Waals surface area contributed by atoms with Gasteiger partial charge < -0.3 is 19.4 Å². The summed E-state index contributed by atoms with van der Waals surface area (Å²) in [6.07, 6.45) is 2.78. The highest BCUT2D eigenvalue weighted by Gasteiger charge is 2.25. The minimum atomic E-state index is -0.275. The lowest BCUT2D eigenvalue weighted by molar-refractivity contribution is -0.146. The summed E-state index contributed by atoms with van der Waals surface area (Å²) in [5.74, 6) is 0.601. The SMILES string of the molecule is CCOC(=O)CN1CCN(CCc2c[nH]c3cc(OC)ccc23)C(=O)C1. The van der Waals surface area contributed by atoms with E-state index in [9.17, 15) is 9.59 Å². The zero-order chi connectivity index (χ0) is 18.5. The van der Waals surface area contributed by atoms with Crippen LogP contribution in [0.5, 0.6) is 5.75 Å². The van der Waals surface area contributed by atoms with E-state index in [-0.39, 0.29) is 25.0 Å². The van der Waals surface area contributed by atoms with Gasteiger partial charge in [0.15, 0.2) is 0 Å². The van der Waals surface area contributed by atoms with Gasteiger partial charge in [-0.05, 0) is 31.0 Å². The fourth-order valence-corrected chi connectivity index (χ4v) is 3.27. The van der Waals surface area contributed by atoms with E-state index < -0.39 is 0 Å². The van der Waals surface area contributed by atoms with Gasteiger partial charge in [0, 0.05) is 42.8 Å². The van der Waals surface area contributed by atoms with Crippen molar-refractivity contribution in [2.45, 2.75) is 13.3 Å². The van der Waals surface area contributed by atoms with Crippen molar-refractivity contribution in [2.75, 3.05) is 46.4 Å². The van der Waals surface area contributed by atoms with Gasteiger partial charge in [0.25, 0.3) is 0 Å². The molecule has 0 bridgehead atoms. The van der Waals surface area contributed by atoms with Gasteiger partial charge in [0.1, 0.15) is 5.75 Å². The molecule has 1 amide bonds. The summed E-state index contributed by atoms with van der Waals surface area (Å²) in [4.78, 5) is 30.9. The fourth-order valence-electron chi connectivity index (χ4n) is 3.27. The summed E-state index contributed by atoms with van der Waals surface area (Å²) in [7, 11) is 1.65. The van der Waals surface area contributed by atoms with E-state index in [4.69, 9.17) is 9.47 Å². The Labute approximate surface area is 152 Å². The zero-order valence-electron chi connectivity index (χ0n) is 15.3. The zero-order valence-corrected chi connectivity index (χ0v) is 15.3. The van der Waals surface area contributed by atoms with Crippen molar-refractivity contribution in [2.24, 2.45) is 0 Å². The molecule has 2 heterocycles. The largest absolute Gasteiger partial charge is 0.497 e. The van der Waals surface area contributed by atoms with Crippen LogP contribution in [0.3, 0.4) is 0 Å². The number of fused-ring (bicyclic) bond motifs is 1. The molecule has 1 saturated heterocycles. The Morgan fingerprint density at radius 1 is 1.31 bits per heavy atom. The number of aromatic amines is 1. The van der Waals surface area contributed by atoms with Crippen LogP contribution in [0.2, 0.25) is 0 Å². The molecule has 2 aromatic rings. The van der Waals surface area contributed by atoms with Crippen molar-refractivity contribution >= 4 is 22.8 Å². The molecule has 1 aliphatic rings. The van der Waals surface area contributed by atoms with E-state index in [2.05, 4.69) is 4.98 Å². The van der Waals surface area contributed by atoms with Crippen LogP contribution in [0.4, 0.5) is 0 Å². The highest BCUT2D eigenvalue weighted by atomic mass is 16.5. The van der Waals surface area contributed by atoms with Crippen molar-refractivity contribution in [1.29, 1.82) is 0 Å². The number of H-pyrrole nitrogens is 1. The number of nitrogens with zero attached hydrogens (tertiary/aromatic N) is 2. The van der Waals surface area contributed by atoms with Crippen molar-refractivity contribution < 1.29 is 19.1 Å². The van der Waals surface area contributed by atoms with Crippen LogP contribution in [0, 0.1) is 0 Å². The number of benzene rings is 1. The molecular formula is C19H25N3O4. The van der Waals surface area contributed by atoms with Gasteiger partial charge in [-0.15, -0.1) is 0 Å². The van der Waals surface area contributed by atoms with Crippen LogP contribution in [0.25, 0.3) is 10.9 Å². The maximum absolute atomic E-state index is 12.4. The third kappa shape index (κ3) is 4.16. The first-order chi connectivity index (χ1) is 12.6. The van der Waals surface area contributed by atoms with E-state index in [1.807, 2.05) is 34.2 Å². The lowest BCUT2D eigenvalue weighted by Gasteiger charge is -2.33. The number of rotatable bonds is 7. The van der Waals surface area contributed by atoms with Gasteiger partial charge in [-0.25, -0.2) is 0 Å². The second-order valence-electron chi connectivity index (χ2n) is 6.37. The molecule has 26 heavy (non-hydrogen) atoms. The second kappa shape index (κ2) is 8.23. The minimum Gasteiger partial charge on any atom is -0.497 e. The molecule has 1 fully saturated rings. The molecule has 140 valence electrons. The molecule has 7 nitrogen and oxygen atoms in total. The molecule has 1 N–H and O–H groups in total. The van der Waals surface area contributed by atoms with E-state index in [1.54, 1.807) is 14.0 Å². The number of hydrogen-bond donors (Lipinski definition) is 1. The molecule has 0 radical (unpaired) electrons. The number of carbonyl (C=O) groups is 2. The van der Waals surface area contributed by atoms with Gasteiger partial charge in [-0.3, -0.25) is 14.5 Å². The molecule has 1 aromatic heterocycles. The highest BCUT2D eigenvalue weighted by Crippen LogP contribution is 2.23. The van der Waals surface area contributed by atoms with E-state index in [0.717, 1.165) is 23.1 Å². The highest BCUT2D eigenvalue weighted by molar-refractivity contribution is 5.85. The number of aromatic nitrogens is 1. The first-order valence-corrected chi connectivity index (χ1v) is 8.90. The predicted molar refractivity (Wildman–Crippen MR) is 98.2 cm³/mol. The molecule has 1 aromatic carbocycles. The van der Waals surface area contributed by atoms with Gasteiger partial charge >= 0.3 is 5.97 Å². The first-order valence-electron chi connectivity index (χ1n) is 8.90. The topological polar surface area (TPSA) is 74.9 Å². The lowest BCUT2D eigenvalue weighted by atomic mass is 10.1. The van der Waals surface area contributed by atoms with Gasteiger partial charge in [-0.1, -0.05) is 0 Å². The van der Waals surface area contributed by atoms with E-state index >= 15 is 0 Å². The Kier molecular flexibility index (Phi) is 5.78. The first kappa shape index (κ1) is 18.3. The summed E-state index contributed by atoms with van der Waals surface area (Å²) in [5, 5.41) is 1.15. The molecular weight excluding hydrogens is 334 g/mol. The Hall–Kier alpha value is -2.54. The van der Waals surface area contributed by atoms with E-state index in [0.29, 0.717) is 26.2 Å². The number of piperazine rings is 1. The maximum atomic E-state index is 12.4. The number of hydrogen-bond acceptors (Lipinski definition) is 5. The average Bonchev–Trinajstić information content (AvgIpc) is 3.03. The predicted octanol–water partition coefficient (Wildman–Crippen LogP) is 1.43. The van der Waals surface area contributed by atoms with Gasteiger partial charge in [0.2, 0.25) is 5.91 Å². The summed E-state index contributed by atoms with van der Waals surface area (Å²) >= 11 is 0. The van der Waals surface area contributed by atoms with Crippen LogP contribution < -0.4 is 4.74 Å². The lowest BCUT2D eigenvalue weighted by Crippen LogP contribution is -2.52. The maximum Gasteiger partial charge on any atom is 0.320 e. The molecule has 0 spiro atoms. The van der Waals surface area contributed by atoms with Crippen LogP contribution in [-0.4, -0.2) is 73.1 Å². The molecule has 1 aliphatic heterocycles. The minimum absolute atomic E-state index is 0.0575. The molecule has 0 unspecified atom stereocenters. The third-order valence-corrected chi connectivity index (χ3v) is 4.68. The number of ether oxygens (including phenoxy) is 2. The number of esters is 1. The standard InChI is InChI=1S/C19H25N3O4/c1-3-26-19(24)13-21-8-9-22(18(23)12-21)7-6-14-11-20-17-10-15(25-2)4-5-16(14)17/h4-5,10-11,20H,3,6-9,12-13H2,1-2H3. The van der Waals surface area contributed by atoms with Crippen LogP contribution in [0.1, 0.15) is 12.5 Å². The normalized spacial score (nSPS) is 15.5. The summed E-state index contributed by atoms with van der Waals surface area (Å²) in [5.41, 5.74) is 2.22. The van der Waals surface area contributed by atoms with Gasteiger partial charge in [-0.2, -0.15) is 0 Å². The quantitative estimate of drug-likeness (QED) is 0.757. The van der Waals surface area contributed by atoms with Crippen molar-refractivity contribution in [3.8, 4) is 5.75 Å². The molecule has 3 rings (SSSR count). The number of nitrogens with one attached hydrogen (secondary N) is 1.